The van der Waals surface area contributed by atoms with Gasteiger partial charge in [-0.3, -0.25) is 0 Å². The molecule has 1 saturated heterocycles. The third-order valence-electron chi connectivity index (χ3n) is 3.52. The molecule has 1 aromatic heterocycles. The van der Waals surface area contributed by atoms with Crippen molar-refractivity contribution in [3.05, 3.63) is 23.9 Å². The van der Waals surface area contributed by atoms with Crippen molar-refractivity contribution in [2.75, 3.05) is 18.8 Å². The molecule has 1 amide bonds. The van der Waals surface area contributed by atoms with Crippen LogP contribution in [0.5, 0.6) is 0 Å². The van der Waals surface area contributed by atoms with Crippen LogP contribution >= 0.6 is 11.8 Å². The molecule has 0 aromatic carbocycles. The summed E-state index contributed by atoms with van der Waals surface area (Å²) in [6.45, 7) is 9.36. The van der Waals surface area contributed by atoms with E-state index in [2.05, 4.69) is 17.1 Å². The number of carbonyl (C=O) groups is 1. The van der Waals surface area contributed by atoms with Crippen molar-refractivity contribution in [3.63, 3.8) is 0 Å². The molecule has 1 atom stereocenters. The van der Waals surface area contributed by atoms with Crippen molar-refractivity contribution in [3.8, 4) is 0 Å². The van der Waals surface area contributed by atoms with Crippen LogP contribution in [-0.4, -0.2) is 40.4 Å². The summed E-state index contributed by atoms with van der Waals surface area (Å²) in [7, 11) is 0. The van der Waals surface area contributed by atoms with Crippen molar-refractivity contribution < 1.29 is 9.53 Å². The molecule has 1 aliphatic rings. The maximum absolute atomic E-state index is 12.2. The first-order valence-corrected chi connectivity index (χ1v) is 8.85. The number of ether oxygens (including phenoxy) is 1. The average molecular weight is 322 g/mol. The van der Waals surface area contributed by atoms with Gasteiger partial charge in [0.2, 0.25) is 0 Å². The molecular weight excluding hydrogens is 296 g/mol. The summed E-state index contributed by atoms with van der Waals surface area (Å²) in [6.07, 6.45) is 3.93. The smallest absolute Gasteiger partial charge is 0.410 e. The second-order valence-corrected chi connectivity index (χ2v) is 7.96. The van der Waals surface area contributed by atoms with Crippen molar-refractivity contribution in [1.29, 1.82) is 0 Å². The number of amides is 1. The molecule has 22 heavy (non-hydrogen) atoms. The van der Waals surface area contributed by atoms with E-state index in [4.69, 9.17) is 4.74 Å². The first-order valence-electron chi connectivity index (χ1n) is 7.87. The van der Waals surface area contributed by atoms with Crippen LogP contribution < -0.4 is 0 Å². The first-order chi connectivity index (χ1) is 10.3. The van der Waals surface area contributed by atoms with Gasteiger partial charge in [0.1, 0.15) is 5.60 Å². The number of aromatic nitrogens is 1. The third-order valence-corrected chi connectivity index (χ3v) is 4.70. The van der Waals surface area contributed by atoms with E-state index in [0.717, 1.165) is 36.7 Å². The predicted molar refractivity (Wildman–Crippen MR) is 90.2 cm³/mol. The second-order valence-electron chi connectivity index (χ2n) is 6.92. The number of nitrogens with zero attached hydrogens (tertiary/aromatic N) is 2. The zero-order chi connectivity index (χ0) is 16.2. The summed E-state index contributed by atoms with van der Waals surface area (Å²) in [5, 5.41) is 1.06. The number of hydrogen-bond donors (Lipinski definition) is 0. The van der Waals surface area contributed by atoms with Gasteiger partial charge in [-0.25, -0.2) is 9.78 Å². The summed E-state index contributed by atoms with van der Waals surface area (Å²) in [6, 6.07) is 4.15. The highest BCUT2D eigenvalue weighted by molar-refractivity contribution is 7.99. The lowest BCUT2D eigenvalue weighted by Gasteiger charge is -2.34. The lowest BCUT2D eigenvalue weighted by Crippen LogP contribution is -2.43. The van der Waals surface area contributed by atoms with E-state index in [1.807, 2.05) is 38.8 Å². The molecule has 0 N–H and O–H groups in total. The Bertz CT molecular complexity index is 496. The highest BCUT2D eigenvalue weighted by atomic mass is 32.2. The number of thioether (sulfide) groups is 1. The second kappa shape index (κ2) is 7.36. The minimum atomic E-state index is -0.426. The van der Waals surface area contributed by atoms with E-state index in [1.165, 1.54) is 5.56 Å². The number of piperidine rings is 1. The number of likely N-dealkylation sites (tertiary alicyclic amines) is 1. The fourth-order valence-electron chi connectivity index (χ4n) is 2.44. The molecule has 1 aliphatic heterocycles. The fourth-order valence-corrected chi connectivity index (χ4v) is 3.41. The largest absolute Gasteiger partial charge is 0.444 e. The van der Waals surface area contributed by atoms with Gasteiger partial charge in [-0.05, 0) is 58.1 Å². The predicted octanol–water partition coefficient (Wildman–Crippen LogP) is 4.13. The monoisotopic (exact) mass is 322 g/mol. The molecule has 0 saturated carbocycles. The van der Waals surface area contributed by atoms with Gasteiger partial charge < -0.3 is 9.64 Å². The van der Waals surface area contributed by atoms with Gasteiger partial charge in [0.05, 0.1) is 5.03 Å². The Morgan fingerprint density at radius 2 is 2.23 bits per heavy atom. The Hall–Kier alpha value is -1.23. The molecule has 0 bridgehead atoms. The lowest BCUT2D eigenvalue weighted by atomic mass is 10.0. The molecule has 1 fully saturated rings. The zero-order valence-corrected chi connectivity index (χ0v) is 14.8. The summed E-state index contributed by atoms with van der Waals surface area (Å²) < 4.78 is 5.47. The van der Waals surface area contributed by atoms with E-state index >= 15 is 0 Å². The van der Waals surface area contributed by atoms with Gasteiger partial charge in [-0.1, -0.05) is 6.07 Å². The molecule has 0 aliphatic carbocycles. The Morgan fingerprint density at radius 3 is 2.86 bits per heavy atom. The molecule has 2 heterocycles. The topological polar surface area (TPSA) is 42.4 Å². The fraction of sp³-hybridized carbons (Fsp3) is 0.647. The SMILES string of the molecule is Cc1ccc(SC[C@@H]2CCCN(C(=O)OC(C)(C)C)C2)nc1. The van der Waals surface area contributed by atoms with E-state index in [1.54, 1.807) is 11.8 Å². The Morgan fingerprint density at radius 1 is 1.45 bits per heavy atom. The summed E-state index contributed by atoms with van der Waals surface area (Å²) in [4.78, 5) is 18.4. The number of pyridine rings is 1. The van der Waals surface area contributed by atoms with Crippen LogP contribution in [-0.2, 0) is 4.74 Å². The first kappa shape index (κ1) is 17.1. The Labute approximate surface area is 137 Å². The Kier molecular flexibility index (Phi) is 5.73. The van der Waals surface area contributed by atoms with Gasteiger partial charge in [0, 0.05) is 25.0 Å². The van der Waals surface area contributed by atoms with Crippen LogP contribution in [0.4, 0.5) is 4.79 Å². The van der Waals surface area contributed by atoms with Crippen molar-refractivity contribution in [1.82, 2.24) is 9.88 Å². The van der Waals surface area contributed by atoms with Gasteiger partial charge >= 0.3 is 6.09 Å². The van der Waals surface area contributed by atoms with Gasteiger partial charge in [0.25, 0.3) is 0 Å². The summed E-state index contributed by atoms with van der Waals surface area (Å²) >= 11 is 1.77. The molecule has 2 rings (SSSR count). The molecule has 5 heteroatoms. The van der Waals surface area contributed by atoms with E-state index in [0.29, 0.717) is 5.92 Å². The minimum Gasteiger partial charge on any atom is -0.444 e. The van der Waals surface area contributed by atoms with Crippen molar-refractivity contribution in [2.24, 2.45) is 5.92 Å². The number of carbonyl (C=O) groups excluding carboxylic acids is 1. The van der Waals surface area contributed by atoms with Crippen LogP contribution in [0.25, 0.3) is 0 Å². The lowest BCUT2D eigenvalue weighted by molar-refractivity contribution is 0.0177. The molecule has 1 aromatic rings. The van der Waals surface area contributed by atoms with Crippen LogP contribution in [0.15, 0.2) is 23.4 Å². The molecule has 122 valence electrons. The quantitative estimate of drug-likeness (QED) is 0.785. The summed E-state index contributed by atoms with van der Waals surface area (Å²) in [5.41, 5.74) is 0.753. The Balaban J connectivity index is 1.82. The standard InChI is InChI=1S/C17H26N2O2S/c1-13-7-8-15(18-10-13)22-12-14-6-5-9-19(11-14)16(20)21-17(2,3)4/h7-8,10,14H,5-6,9,11-12H2,1-4H3/t14-/m1/s1. The van der Waals surface area contributed by atoms with Gasteiger partial charge in [0.15, 0.2) is 0 Å². The maximum atomic E-state index is 12.2. The summed E-state index contributed by atoms with van der Waals surface area (Å²) in [5.74, 6) is 1.50. The third kappa shape index (κ3) is 5.52. The molecule has 0 radical (unpaired) electrons. The molecular formula is C17H26N2O2S. The van der Waals surface area contributed by atoms with Crippen LogP contribution in [0.1, 0.15) is 39.2 Å². The number of aryl methyl sites for hydroxylation is 1. The molecule has 0 spiro atoms. The molecule has 4 nitrogen and oxygen atoms in total. The van der Waals surface area contributed by atoms with Crippen LogP contribution in [0.3, 0.4) is 0 Å². The number of rotatable bonds is 3. The van der Waals surface area contributed by atoms with Crippen molar-refractivity contribution >= 4 is 17.9 Å². The highest BCUT2D eigenvalue weighted by Crippen LogP contribution is 2.25. The average Bonchev–Trinajstić information content (AvgIpc) is 2.45. The van der Waals surface area contributed by atoms with Crippen LogP contribution in [0, 0.1) is 12.8 Å². The van der Waals surface area contributed by atoms with Gasteiger partial charge in [-0.2, -0.15) is 0 Å². The normalized spacial score (nSPS) is 19.1. The minimum absolute atomic E-state index is 0.185. The van der Waals surface area contributed by atoms with Crippen LogP contribution in [0.2, 0.25) is 0 Å². The highest BCUT2D eigenvalue weighted by Gasteiger charge is 2.27. The van der Waals surface area contributed by atoms with Gasteiger partial charge in [-0.15, -0.1) is 11.8 Å². The van der Waals surface area contributed by atoms with E-state index < -0.39 is 5.60 Å². The van der Waals surface area contributed by atoms with E-state index in [-0.39, 0.29) is 6.09 Å². The van der Waals surface area contributed by atoms with Crippen molar-refractivity contribution in [2.45, 2.75) is 51.2 Å². The maximum Gasteiger partial charge on any atom is 0.410 e. The molecule has 0 unspecified atom stereocenters. The van der Waals surface area contributed by atoms with E-state index in [9.17, 15) is 4.79 Å². The number of hydrogen-bond acceptors (Lipinski definition) is 4. The zero-order valence-electron chi connectivity index (χ0n) is 14.0.